The number of hydrogen-bond donors (Lipinski definition) is 0. The number of aryl methyl sites for hydroxylation is 6. The zero-order chi connectivity index (χ0) is 53.3. The summed E-state index contributed by atoms with van der Waals surface area (Å²) in [5, 5.41) is 11.7. The van der Waals surface area contributed by atoms with Crippen molar-refractivity contribution in [1.29, 1.82) is 5.26 Å². The first kappa shape index (κ1) is 29.0. The number of fused-ring (bicyclic) bond motifs is 3. The van der Waals surface area contributed by atoms with Crippen LogP contribution in [0.15, 0.2) is 150 Å². The Morgan fingerprint density at radius 1 is 0.571 bits per heavy atom. The topological polar surface area (TPSA) is 75.6 Å². The van der Waals surface area contributed by atoms with E-state index in [0.717, 1.165) is 37.2 Å². The van der Waals surface area contributed by atoms with Crippen LogP contribution in [0, 0.1) is 29.5 Å². The number of rotatable bonds is 13. The van der Waals surface area contributed by atoms with Gasteiger partial charge in [-0.1, -0.05) is 90.5 Å². The van der Waals surface area contributed by atoms with Gasteiger partial charge in [0.1, 0.15) is 11.7 Å². The van der Waals surface area contributed by atoms with Crippen molar-refractivity contribution < 1.29 is 42.3 Å². The van der Waals surface area contributed by atoms with Gasteiger partial charge in [-0.2, -0.15) is 5.26 Å². The minimum atomic E-state index is -3.15. The first-order valence-corrected chi connectivity index (χ1v) is 20.3. The fourth-order valence-electron chi connectivity index (χ4n) is 7.72. The number of benzene rings is 5. The molecule has 10 rings (SSSR count). The van der Waals surface area contributed by atoms with Crippen LogP contribution in [0.5, 0.6) is 0 Å². The maximum absolute atomic E-state index is 10.4. The van der Waals surface area contributed by atoms with Gasteiger partial charge in [0.05, 0.1) is 11.1 Å². The van der Waals surface area contributed by atoms with E-state index >= 15 is 0 Å². The van der Waals surface area contributed by atoms with E-state index in [9.17, 15) is 21.7 Å². The van der Waals surface area contributed by atoms with E-state index in [-0.39, 0.29) is 48.1 Å². The predicted octanol–water partition coefficient (Wildman–Crippen LogP) is 13.1. The smallest absolute Gasteiger partial charge is 0.499 e. The second-order valence-electron chi connectivity index (χ2n) is 14.9. The van der Waals surface area contributed by atoms with Gasteiger partial charge in [0.25, 0.3) is 0 Å². The van der Waals surface area contributed by atoms with E-state index in [1.54, 1.807) is 60.7 Å². The van der Waals surface area contributed by atoms with Crippen LogP contribution in [0.1, 0.15) is 93.9 Å². The van der Waals surface area contributed by atoms with Crippen LogP contribution in [-0.2, 0) is 58.3 Å². The van der Waals surface area contributed by atoms with Gasteiger partial charge in [-0.05, 0) is 113 Å². The molecule has 0 N–H and O–H groups in total. The Bertz CT molecular complexity index is 3510. The number of aromatic nitrogens is 3. The van der Waals surface area contributed by atoms with Crippen LogP contribution in [0.25, 0.3) is 55.7 Å². The summed E-state index contributed by atoms with van der Waals surface area (Å²) in [5.41, 5.74) is 1.84. The second kappa shape index (κ2) is 19.3. The number of pyridine rings is 3. The van der Waals surface area contributed by atoms with Gasteiger partial charge in [0.2, 0.25) is 0 Å². The summed E-state index contributed by atoms with van der Waals surface area (Å²) in [6.45, 7) is 0. The maximum Gasteiger partial charge on any atom is 3.00 e. The van der Waals surface area contributed by atoms with Crippen LogP contribution in [0.2, 0.25) is 0 Å². The fourth-order valence-corrected chi connectivity index (χ4v) is 7.72. The number of nitrogens with zero attached hydrogens (tertiary/aromatic N) is 4. The molecule has 5 nitrogen and oxygen atoms in total. The standard InChI is InChI=1S/C57H45N4O.Ir/c58-35-52-48(45-10-7-8-11-45)27-28-50-49-16-9-17-51(56(49)62-57(50)52)55-31-26-41(38-61-55)20-23-44-33-42(21-18-39-24-29-53(59-36-39)46-12-3-1-4-13-46)32-43(34-44)22-19-40-25-30-54(60-37-40)47-14-5-2-6-15-47;/h1-6,9,12,14,16,24-34,36-38,45H,7-8,10-11,18-23H2;/q-3;+3/i18D2,19D2,20D2,21D2,22D2,23D2,45D;. The molecule has 4 aromatic heterocycles. The summed E-state index contributed by atoms with van der Waals surface area (Å²) in [5.74, 6) is -0.907. The Hall–Kier alpha value is -6.51. The first-order valence-electron chi connectivity index (χ1n) is 26.8. The molecular formula is C57H45IrN4O. The number of hydrogen-bond acceptors (Lipinski definition) is 5. The van der Waals surface area contributed by atoms with E-state index < -0.39 is 60.8 Å². The van der Waals surface area contributed by atoms with Crippen LogP contribution < -0.4 is 0 Å². The van der Waals surface area contributed by atoms with Gasteiger partial charge in [-0.3, -0.25) is 0 Å². The van der Waals surface area contributed by atoms with E-state index in [0.29, 0.717) is 68.4 Å². The third-order valence-corrected chi connectivity index (χ3v) is 10.8. The minimum absolute atomic E-state index is 0. The average Bonchev–Trinajstić information content (AvgIpc) is 4.05. The molecule has 4 heterocycles. The predicted molar refractivity (Wildman–Crippen MR) is 247 cm³/mol. The minimum Gasteiger partial charge on any atom is -0.499 e. The molecule has 0 radical (unpaired) electrons. The zero-order valence-corrected chi connectivity index (χ0v) is 36.1. The van der Waals surface area contributed by atoms with Gasteiger partial charge in [-0.25, -0.2) is 0 Å². The van der Waals surface area contributed by atoms with Crippen LogP contribution in [0.3, 0.4) is 0 Å². The van der Waals surface area contributed by atoms with E-state index in [4.69, 9.17) is 5.79 Å². The Morgan fingerprint density at radius 3 is 1.56 bits per heavy atom. The Kier molecular flexibility index (Phi) is 8.86. The first-order chi connectivity index (χ1) is 35.5. The normalized spacial score (nSPS) is 17.6. The fraction of sp³-hybridized carbons (Fsp3) is 0.193. The third-order valence-electron chi connectivity index (χ3n) is 10.8. The molecule has 0 saturated heterocycles. The molecule has 6 heteroatoms. The third kappa shape index (κ3) is 9.32. The molecule has 63 heavy (non-hydrogen) atoms. The molecule has 0 spiro atoms. The summed E-state index contributed by atoms with van der Waals surface area (Å²) >= 11 is 0. The number of furan rings is 1. The zero-order valence-electron chi connectivity index (χ0n) is 46.7. The molecule has 0 unspecified atom stereocenters. The van der Waals surface area contributed by atoms with Crippen LogP contribution in [0.4, 0.5) is 0 Å². The molecule has 0 aliphatic heterocycles. The molecule has 1 aliphatic carbocycles. The summed E-state index contributed by atoms with van der Waals surface area (Å²) in [6.07, 6.45) is -11.7. The largest absolute Gasteiger partial charge is 3.00 e. The molecule has 1 aliphatic rings. The van der Waals surface area contributed by atoms with Gasteiger partial charge >= 0.3 is 20.1 Å². The quantitative estimate of drug-likeness (QED) is 0.108. The van der Waals surface area contributed by atoms with Crippen molar-refractivity contribution in [3.05, 3.63) is 209 Å². The van der Waals surface area contributed by atoms with Crippen molar-refractivity contribution in [2.45, 2.75) is 69.8 Å². The molecule has 1 saturated carbocycles. The molecule has 0 amide bonds. The maximum atomic E-state index is 10.4. The molecule has 5 aromatic carbocycles. The average molecular weight is 1010 g/mol. The van der Waals surface area contributed by atoms with Crippen molar-refractivity contribution in [3.8, 4) is 39.8 Å². The van der Waals surface area contributed by atoms with Gasteiger partial charge in [0.15, 0.2) is 0 Å². The van der Waals surface area contributed by atoms with Crippen molar-refractivity contribution in [1.82, 2.24) is 15.0 Å². The van der Waals surface area contributed by atoms with Crippen molar-refractivity contribution in [2.75, 3.05) is 0 Å². The number of nitriles is 1. The SMILES string of the molecule is [2H]C1(c2ccc3c(oc4c(-c5ccc(C([2H])([2H])C([2H])([2H])c6cc(C([2H])([2H])C([2H])([2H])c7ccc(-c8[c-]cccc8)nc7)cc(C([2H])([2H])C([2H])([2H])c7ccc(-c8[c-]cccc8)nc7)c6)cn5)[c-]ccc43)c2C#N)CCCC1.[Ir+3]. The molecule has 1 fully saturated rings. The Labute approximate surface area is 401 Å². The van der Waals surface area contributed by atoms with Crippen LogP contribution >= 0.6 is 0 Å². The Balaban J connectivity index is 0.00000706. The van der Waals surface area contributed by atoms with Gasteiger partial charge in [0, 0.05) is 41.8 Å². The van der Waals surface area contributed by atoms with Gasteiger partial charge < -0.3 is 19.4 Å². The summed E-state index contributed by atoms with van der Waals surface area (Å²) in [6, 6.07) is 44.0. The van der Waals surface area contributed by atoms with E-state index in [2.05, 4.69) is 39.2 Å². The van der Waals surface area contributed by atoms with Crippen molar-refractivity contribution in [2.24, 2.45) is 0 Å². The van der Waals surface area contributed by atoms with Crippen molar-refractivity contribution >= 4 is 21.9 Å². The monoisotopic (exact) mass is 1010 g/mol. The van der Waals surface area contributed by atoms with E-state index in [1.165, 1.54) is 48.8 Å². The Morgan fingerprint density at radius 2 is 1.08 bits per heavy atom. The summed E-state index contributed by atoms with van der Waals surface area (Å²) < 4.78 is 128. The summed E-state index contributed by atoms with van der Waals surface area (Å²) in [4.78, 5) is 13.3. The molecule has 308 valence electrons. The molecule has 0 atom stereocenters. The van der Waals surface area contributed by atoms with Crippen LogP contribution in [-0.4, -0.2) is 15.0 Å². The molecule has 0 bridgehead atoms. The summed E-state index contributed by atoms with van der Waals surface area (Å²) in [7, 11) is 0. The van der Waals surface area contributed by atoms with Crippen molar-refractivity contribution in [3.63, 3.8) is 0 Å². The molecule has 9 aromatic rings. The van der Waals surface area contributed by atoms with E-state index in [1.807, 2.05) is 12.1 Å². The second-order valence-corrected chi connectivity index (χ2v) is 14.9. The van der Waals surface area contributed by atoms with Gasteiger partial charge in [-0.15, -0.1) is 90.0 Å². The molecular weight excluding hydrogens is 949 g/mol.